The van der Waals surface area contributed by atoms with Gasteiger partial charge < -0.3 is 5.73 Å². The topological polar surface area (TPSA) is 62.7 Å². The number of rotatable bonds is 2. The number of halogens is 3. The highest BCUT2D eigenvalue weighted by Gasteiger charge is 2.14. The SMILES string of the molecule is N#Cc1c(-c2ccc(Br)cc2)cc(-c2ccc(Cl)c(Cl)c2)nc1N. The molecule has 2 N–H and O–H groups in total. The first-order valence-corrected chi connectivity index (χ1v) is 8.46. The summed E-state index contributed by atoms with van der Waals surface area (Å²) < 4.78 is 0.955. The van der Waals surface area contributed by atoms with Crippen molar-refractivity contribution in [1.82, 2.24) is 4.98 Å². The van der Waals surface area contributed by atoms with Gasteiger partial charge in [-0.05, 0) is 35.9 Å². The molecule has 0 aliphatic rings. The van der Waals surface area contributed by atoms with Gasteiger partial charge in [0.15, 0.2) is 0 Å². The molecule has 0 aliphatic carbocycles. The molecule has 0 bridgehead atoms. The second-order valence-electron chi connectivity index (χ2n) is 5.06. The zero-order chi connectivity index (χ0) is 17.3. The zero-order valence-electron chi connectivity index (χ0n) is 12.2. The van der Waals surface area contributed by atoms with Crippen LogP contribution < -0.4 is 5.73 Å². The predicted molar refractivity (Wildman–Crippen MR) is 102 cm³/mol. The van der Waals surface area contributed by atoms with Gasteiger partial charge in [-0.25, -0.2) is 4.98 Å². The molecule has 2 aromatic carbocycles. The van der Waals surface area contributed by atoms with Gasteiger partial charge in [0, 0.05) is 15.6 Å². The van der Waals surface area contributed by atoms with Gasteiger partial charge in [0.05, 0.1) is 15.7 Å². The van der Waals surface area contributed by atoms with Crippen LogP contribution in [0.25, 0.3) is 22.4 Å². The Hall–Kier alpha value is -2.06. The molecule has 1 heterocycles. The molecule has 0 atom stereocenters. The quantitative estimate of drug-likeness (QED) is 0.560. The number of pyridine rings is 1. The molecule has 3 aromatic rings. The number of nitrogens with zero attached hydrogens (tertiary/aromatic N) is 2. The Labute approximate surface area is 157 Å². The van der Waals surface area contributed by atoms with Crippen molar-refractivity contribution in [3.05, 3.63) is 68.6 Å². The summed E-state index contributed by atoms with van der Waals surface area (Å²) in [5.74, 6) is 0.180. The van der Waals surface area contributed by atoms with E-state index in [1.165, 1.54) is 0 Å². The lowest BCUT2D eigenvalue weighted by Crippen LogP contribution is -1.99. The predicted octanol–water partition coefficient (Wildman–Crippen LogP) is 5.94. The fourth-order valence-electron chi connectivity index (χ4n) is 2.34. The van der Waals surface area contributed by atoms with Crippen LogP contribution in [0.4, 0.5) is 5.82 Å². The molecule has 1 aromatic heterocycles. The zero-order valence-corrected chi connectivity index (χ0v) is 15.3. The van der Waals surface area contributed by atoms with Crippen LogP contribution in [0.2, 0.25) is 10.0 Å². The molecule has 0 radical (unpaired) electrons. The van der Waals surface area contributed by atoms with Gasteiger partial charge in [0.1, 0.15) is 17.5 Å². The number of anilines is 1. The number of aromatic nitrogens is 1. The number of nitriles is 1. The minimum atomic E-state index is 0.180. The first kappa shape index (κ1) is 16.8. The minimum Gasteiger partial charge on any atom is -0.383 e. The number of nitrogens with two attached hydrogens (primary N) is 1. The molecule has 0 spiro atoms. The molecule has 118 valence electrons. The first-order valence-electron chi connectivity index (χ1n) is 6.91. The third-order valence-electron chi connectivity index (χ3n) is 3.53. The maximum Gasteiger partial charge on any atom is 0.142 e. The van der Waals surface area contributed by atoms with Crippen LogP contribution in [0.1, 0.15) is 5.56 Å². The van der Waals surface area contributed by atoms with Gasteiger partial charge in [-0.3, -0.25) is 0 Å². The summed E-state index contributed by atoms with van der Waals surface area (Å²) in [5, 5.41) is 10.3. The highest BCUT2D eigenvalue weighted by Crippen LogP contribution is 2.33. The van der Waals surface area contributed by atoms with Crippen LogP contribution in [0.15, 0.2) is 53.0 Å². The summed E-state index contributed by atoms with van der Waals surface area (Å²) in [7, 11) is 0. The van der Waals surface area contributed by atoms with E-state index in [1.807, 2.05) is 36.4 Å². The third-order valence-corrected chi connectivity index (χ3v) is 4.80. The van der Waals surface area contributed by atoms with Crippen molar-refractivity contribution in [1.29, 1.82) is 5.26 Å². The van der Waals surface area contributed by atoms with Crippen LogP contribution in [-0.4, -0.2) is 4.98 Å². The van der Waals surface area contributed by atoms with Crippen molar-refractivity contribution in [3.63, 3.8) is 0 Å². The summed E-state index contributed by atoms with van der Waals surface area (Å²) in [5.41, 5.74) is 9.36. The average molecular weight is 419 g/mol. The van der Waals surface area contributed by atoms with E-state index in [9.17, 15) is 5.26 Å². The summed E-state index contributed by atoms with van der Waals surface area (Å²) in [6.45, 7) is 0. The van der Waals surface area contributed by atoms with Crippen molar-refractivity contribution >= 4 is 44.9 Å². The van der Waals surface area contributed by atoms with Gasteiger partial charge in [-0.15, -0.1) is 0 Å². The highest BCUT2D eigenvalue weighted by atomic mass is 79.9. The van der Waals surface area contributed by atoms with Crippen molar-refractivity contribution in [2.45, 2.75) is 0 Å². The number of hydrogen-bond donors (Lipinski definition) is 1. The van der Waals surface area contributed by atoms with E-state index in [0.717, 1.165) is 21.2 Å². The molecule has 0 saturated carbocycles. The lowest BCUT2D eigenvalue weighted by atomic mass is 9.98. The number of benzene rings is 2. The Kier molecular flexibility index (Phi) is 4.77. The lowest BCUT2D eigenvalue weighted by Gasteiger charge is -2.11. The normalized spacial score (nSPS) is 10.4. The fraction of sp³-hybridized carbons (Fsp3) is 0. The molecular weight excluding hydrogens is 409 g/mol. The van der Waals surface area contributed by atoms with Crippen LogP contribution in [0, 0.1) is 11.3 Å². The van der Waals surface area contributed by atoms with E-state index in [-0.39, 0.29) is 5.82 Å². The first-order chi connectivity index (χ1) is 11.5. The molecule has 0 unspecified atom stereocenters. The molecule has 0 aliphatic heterocycles. The lowest BCUT2D eigenvalue weighted by molar-refractivity contribution is 1.31. The Balaban J connectivity index is 2.21. The summed E-state index contributed by atoms with van der Waals surface area (Å²) in [4.78, 5) is 4.33. The Morgan fingerprint density at radius 3 is 2.25 bits per heavy atom. The van der Waals surface area contributed by atoms with Crippen molar-refractivity contribution in [3.8, 4) is 28.5 Å². The standard InChI is InChI=1S/C18H10BrCl2N3/c19-12-4-1-10(2-5-12)13-8-17(24-18(23)14(13)9-22)11-3-6-15(20)16(21)7-11/h1-8H,(H2,23,24). The number of hydrogen-bond acceptors (Lipinski definition) is 3. The maximum atomic E-state index is 9.44. The molecular formula is C18H10BrCl2N3. The Bertz CT molecular complexity index is 963. The van der Waals surface area contributed by atoms with Gasteiger partial charge in [0.2, 0.25) is 0 Å². The molecule has 3 nitrogen and oxygen atoms in total. The summed E-state index contributed by atoms with van der Waals surface area (Å²) in [6.07, 6.45) is 0. The van der Waals surface area contributed by atoms with Crippen LogP contribution in [0.5, 0.6) is 0 Å². The highest BCUT2D eigenvalue weighted by molar-refractivity contribution is 9.10. The maximum absolute atomic E-state index is 9.44. The van der Waals surface area contributed by atoms with Crippen molar-refractivity contribution in [2.75, 3.05) is 5.73 Å². The largest absolute Gasteiger partial charge is 0.383 e. The van der Waals surface area contributed by atoms with E-state index in [4.69, 9.17) is 28.9 Å². The second-order valence-corrected chi connectivity index (χ2v) is 6.79. The van der Waals surface area contributed by atoms with Crippen molar-refractivity contribution in [2.24, 2.45) is 0 Å². The van der Waals surface area contributed by atoms with Gasteiger partial charge in [0.25, 0.3) is 0 Å². The van der Waals surface area contributed by atoms with E-state index in [2.05, 4.69) is 27.0 Å². The fourth-order valence-corrected chi connectivity index (χ4v) is 2.91. The van der Waals surface area contributed by atoms with Gasteiger partial charge >= 0.3 is 0 Å². The van der Waals surface area contributed by atoms with E-state index < -0.39 is 0 Å². The Morgan fingerprint density at radius 2 is 1.62 bits per heavy atom. The van der Waals surface area contributed by atoms with Crippen LogP contribution in [-0.2, 0) is 0 Å². The van der Waals surface area contributed by atoms with Gasteiger partial charge in [-0.2, -0.15) is 5.26 Å². The van der Waals surface area contributed by atoms with E-state index >= 15 is 0 Å². The third kappa shape index (κ3) is 3.25. The molecule has 24 heavy (non-hydrogen) atoms. The molecule has 0 fully saturated rings. The van der Waals surface area contributed by atoms with Crippen LogP contribution >= 0.6 is 39.1 Å². The smallest absolute Gasteiger partial charge is 0.142 e. The summed E-state index contributed by atoms with van der Waals surface area (Å²) in [6, 6.07) is 16.8. The second kappa shape index (κ2) is 6.82. The average Bonchev–Trinajstić information content (AvgIpc) is 2.57. The summed E-state index contributed by atoms with van der Waals surface area (Å²) >= 11 is 15.5. The molecule has 0 amide bonds. The molecule has 6 heteroatoms. The molecule has 3 rings (SSSR count). The van der Waals surface area contributed by atoms with Crippen LogP contribution in [0.3, 0.4) is 0 Å². The molecule has 0 saturated heterocycles. The van der Waals surface area contributed by atoms with E-state index in [0.29, 0.717) is 21.3 Å². The van der Waals surface area contributed by atoms with Crippen molar-refractivity contribution < 1.29 is 0 Å². The number of nitrogen functional groups attached to an aromatic ring is 1. The Morgan fingerprint density at radius 1 is 0.958 bits per heavy atom. The van der Waals surface area contributed by atoms with Gasteiger partial charge in [-0.1, -0.05) is 57.3 Å². The monoisotopic (exact) mass is 417 g/mol. The van der Waals surface area contributed by atoms with E-state index in [1.54, 1.807) is 12.1 Å². The minimum absolute atomic E-state index is 0.180.